The lowest BCUT2D eigenvalue weighted by atomic mass is 10.2. The highest BCUT2D eigenvalue weighted by atomic mass is 79.9. The minimum absolute atomic E-state index is 0.682. The maximum absolute atomic E-state index is 5.84. The van der Waals surface area contributed by atoms with Crippen LogP contribution < -0.4 is 10.1 Å². The fraction of sp³-hybridized carbons (Fsp3) is 0.571. The van der Waals surface area contributed by atoms with Crippen molar-refractivity contribution in [2.75, 3.05) is 26.4 Å². The van der Waals surface area contributed by atoms with E-state index in [0.29, 0.717) is 6.61 Å². The summed E-state index contributed by atoms with van der Waals surface area (Å²) in [5.41, 5.74) is 1.18. The summed E-state index contributed by atoms with van der Waals surface area (Å²) < 4.78 is 12.1. The summed E-state index contributed by atoms with van der Waals surface area (Å²) in [6.45, 7) is 8.09. The lowest BCUT2D eigenvalue weighted by Crippen LogP contribution is -2.13. The van der Waals surface area contributed by atoms with Crippen LogP contribution in [0.5, 0.6) is 5.75 Å². The van der Waals surface area contributed by atoms with Crippen molar-refractivity contribution in [3.05, 3.63) is 28.2 Å². The number of benzene rings is 1. The molecule has 0 heterocycles. The van der Waals surface area contributed by atoms with Crippen LogP contribution in [0.15, 0.2) is 22.7 Å². The van der Waals surface area contributed by atoms with Gasteiger partial charge in [0.1, 0.15) is 5.75 Å². The van der Waals surface area contributed by atoms with Crippen molar-refractivity contribution in [1.82, 2.24) is 5.32 Å². The minimum atomic E-state index is 0.682. The maximum atomic E-state index is 5.84. The molecule has 1 aromatic carbocycles. The van der Waals surface area contributed by atoms with Crippen LogP contribution in [0.2, 0.25) is 0 Å². The summed E-state index contributed by atoms with van der Waals surface area (Å²) in [4.78, 5) is 0. The van der Waals surface area contributed by atoms with Gasteiger partial charge >= 0.3 is 0 Å². The van der Waals surface area contributed by atoms with Crippen molar-refractivity contribution >= 4 is 15.9 Å². The Morgan fingerprint density at radius 2 is 2.06 bits per heavy atom. The standard InChI is InChI=1S/C14H22BrNO2/c1-3-16-11-12-7-5-8-13(15)14(12)18-10-6-9-17-4-2/h5,7-8,16H,3-4,6,9-11H2,1-2H3. The Morgan fingerprint density at radius 3 is 2.78 bits per heavy atom. The van der Waals surface area contributed by atoms with E-state index in [0.717, 1.165) is 42.9 Å². The Hall–Kier alpha value is -0.580. The Kier molecular flexibility index (Phi) is 8.05. The molecular formula is C14H22BrNO2. The smallest absolute Gasteiger partial charge is 0.137 e. The first-order chi connectivity index (χ1) is 8.79. The van der Waals surface area contributed by atoms with Gasteiger partial charge in [-0.05, 0) is 35.5 Å². The Labute approximate surface area is 118 Å². The third-order valence-electron chi connectivity index (χ3n) is 2.50. The molecule has 0 spiro atoms. The van der Waals surface area contributed by atoms with Crippen LogP contribution in [-0.2, 0) is 11.3 Å². The quantitative estimate of drug-likeness (QED) is 0.709. The molecule has 0 aliphatic heterocycles. The van der Waals surface area contributed by atoms with E-state index in [4.69, 9.17) is 9.47 Å². The van der Waals surface area contributed by atoms with E-state index in [2.05, 4.69) is 34.2 Å². The summed E-state index contributed by atoms with van der Waals surface area (Å²) in [5, 5.41) is 3.32. The highest BCUT2D eigenvalue weighted by Crippen LogP contribution is 2.29. The molecular weight excluding hydrogens is 294 g/mol. The normalized spacial score (nSPS) is 10.6. The predicted octanol–water partition coefficient (Wildman–Crippen LogP) is 3.36. The molecule has 4 heteroatoms. The van der Waals surface area contributed by atoms with Crippen LogP contribution >= 0.6 is 15.9 Å². The van der Waals surface area contributed by atoms with Crippen molar-refractivity contribution in [3.63, 3.8) is 0 Å². The first-order valence-electron chi connectivity index (χ1n) is 6.48. The number of halogens is 1. The summed E-state index contributed by atoms with van der Waals surface area (Å²) >= 11 is 3.54. The molecule has 0 amide bonds. The van der Waals surface area contributed by atoms with Gasteiger partial charge < -0.3 is 14.8 Å². The van der Waals surface area contributed by atoms with E-state index >= 15 is 0 Å². The van der Waals surface area contributed by atoms with Gasteiger partial charge in [0.25, 0.3) is 0 Å². The highest BCUT2D eigenvalue weighted by Gasteiger charge is 2.07. The van der Waals surface area contributed by atoms with Gasteiger partial charge in [-0.15, -0.1) is 0 Å². The molecule has 3 nitrogen and oxygen atoms in total. The topological polar surface area (TPSA) is 30.5 Å². The van der Waals surface area contributed by atoms with Crippen molar-refractivity contribution in [2.24, 2.45) is 0 Å². The zero-order chi connectivity index (χ0) is 13.2. The number of nitrogens with one attached hydrogen (secondary N) is 1. The van der Waals surface area contributed by atoms with Crippen LogP contribution in [-0.4, -0.2) is 26.4 Å². The molecule has 0 radical (unpaired) electrons. The second-order valence-electron chi connectivity index (χ2n) is 3.91. The Balaban J connectivity index is 2.50. The monoisotopic (exact) mass is 315 g/mol. The molecule has 0 saturated heterocycles. The van der Waals surface area contributed by atoms with Crippen molar-refractivity contribution in [1.29, 1.82) is 0 Å². The average molecular weight is 316 g/mol. The third kappa shape index (κ3) is 5.38. The zero-order valence-corrected chi connectivity index (χ0v) is 12.8. The van der Waals surface area contributed by atoms with E-state index in [1.54, 1.807) is 0 Å². The van der Waals surface area contributed by atoms with Gasteiger partial charge in [-0.2, -0.15) is 0 Å². The Morgan fingerprint density at radius 1 is 1.22 bits per heavy atom. The van der Waals surface area contributed by atoms with Gasteiger partial charge in [0.2, 0.25) is 0 Å². The van der Waals surface area contributed by atoms with Crippen LogP contribution in [0.1, 0.15) is 25.8 Å². The van der Waals surface area contributed by atoms with Crippen LogP contribution in [0.4, 0.5) is 0 Å². The second-order valence-corrected chi connectivity index (χ2v) is 4.76. The van der Waals surface area contributed by atoms with E-state index in [1.807, 2.05) is 19.1 Å². The molecule has 0 aromatic heterocycles. The predicted molar refractivity (Wildman–Crippen MR) is 78.1 cm³/mol. The summed E-state index contributed by atoms with van der Waals surface area (Å²) in [6, 6.07) is 6.13. The first-order valence-corrected chi connectivity index (χ1v) is 7.27. The van der Waals surface area contributed by atoms with Gasteiger partial charge in [-0.1, -0.05) is 19.1 Å². The highest BCUT2D eigenvalue weighted by molar-refractivity contribution is 9.10. The summed E-state index contributed by atoms with van der Waals surface area (Å²) in [5.74, 6) is 0.940. The van der Waals surface area contributed by atoms with Crippen LogP contribution in [0.25, 0.3) is 0 Å². The fourth-order valence-corrected chi connectivity index (χ4v) is 2.12. The molecule has 0 aliphatic rings. The molecule has 102 valence electrons. The molecule has 0 fully saturated rings. The molecule has 1 rings (SSSR count). The van der Waals surface area contributed by atoms with E-state index in [9.17, 15) is 0 Å². The maximum Gasteiger partial charge on any atom is 0.137 e. The first kappa shape index (κ1) is 15.5. The fourth-order valence-electron chi connectivity index (χ4n) is 1.59. The van der Waals surface area contributed by atoms with Crippen molar-refractivity contribution in [3.8, 4) is 5.75 Å². The number of hydrogen-bond acceptors (Lipinski definition) is 3. The third-order valence-corrected chi connectivity index (χ3v) is 3.12. The average Bonchev–Trinajstić information content (AvgIpc) is 2.38. The molecule has 1 aromatic rings. The van der Waals surface area contributed by atoms with Gasteiger partial charge in [0.15, 0.2) is 0 Å². The van der Waals surface area contributed by atoms with Gasteiger partial charge in [-0.25, -0.2) is 0 Å². The molecule has 18 heavy (non-hydrogen) atoms. The largest absolute Gasteiger partial charge is 0.492 e. The van der Waals surface area contributed by atoms with Crippen molar-refractivity contribution in [2.45, 2.75) is 26.8 Å². The van der Waals surface area contributed by atoms with Crippen molar-refractivity contribution < 1.29 is 9.47 Å². The Bertz CT molecular complexity index is 345. The molecule has 0 atom stereocenters. The van der Waals surface area contributed by atoms with Crippen LogP contribution in [0.3, 0.4) is 0 Å². The molecule has 0 unspecified atom stereocenters. The number of hydrogen-bond donors (Lipinski definition) is 1. The molecule has 0 aliphatic carbocycles. The minimum Gasteiger partial charge on any atom is -0.492 e. The van der Waals surface area contributed by atoms with E-state index in [1.165, 1.54) is 5.56 Å². The summed E-state index contributed by atoms with van der Waals surface area (Å²) in [6.07, 6.45) is 0.913. The number of para-hydroxylation sites is 1. The molecule has 0 saturated carbocycles. The zero-order valence-electron chi connectivity index (χ0n) is 11.2. The molecule has 0 bridgehead atoms. The number of rotatable bonds is 9. The van der Waals surface area contributed by atoms with Gasteiger partial charge in [-0.3, -0.25) is 0 Å². The van der Waals surface area contributed by atoms with E-state index < -0.39 is 0 Å². The SMILES string of the molecule is CCNCc1cccc(Br)c1OCCCOCC. The summed E-state index contributed by atoms with van der Waals surface area (Å²) in [7, 11) is 0. The van der Waals surface area contributed by atoms with Crippen LogP contribution in [0, 0.1) is 0 Å². The lowest BCUT2D eigenvalue weighted by molar-refractivity contribution is 0.130. The second kappa shape index (κ2) is 9.36. The van der Waals surface area contributed by atoms with Gasteiger partial charge in [0, 0.05) is 31.7 Å². The van der Waals surface area contributed by atoms with Gasteiger partial charge in [0.05, 0.1) is 11.1 Å². The lowest BCUT2D eigenvalue weighted by Gasteiger charge is -2.13. The molecule has 1 N–H and O–H groups in total. The van der Waals surface area contributed by atoms with E-state index in [-0.39, 0.29) is 0 Å². The number of ether oxygens (including phenoxy) is 2.